The molecule has 1 unspecified atom stereocenters. The van der Waals surface area contributed by atoms with E-state index in [4.69, 9.17) is 26.1 Å². The number of likely N-dealkylation sites (N-methyl/N-ethyl adjacent to an activating group) is 1. The maximum Gasteiger partial charge on any atom is 0.260 e. The zero-order chi connectivity index (χ0) is 32.8. The number of halogens is 1. The summed E-state index contributed by atoms with van der Waals surface area (Å²) in [6.07, 6.45) is 8.69. The maximum absolute atomic E-state index is 14.5. The Morgan fingerprint density at radius 3 is 2.57 bits per heavy atom. The summed E-state index contributed by atoms with van der Waals surface area (Å²) in [6, 6.07) is 15.9. The first-order chi connectivity index (χ1) is 22.2. The summed E-state index contributed by atoms with van der Waals surface area (Å²) in [4.78, 5) is 42.6. The molecular formula is C35H35ClN6O4. The van der Waals surface area contributed by atoms with E-state index < -0.39 is 6.04 Å². The number of pyridine rings is 2. The third-order valence-electron chi connectivity index (χ3n) is 7.44. The average molecular weight is 639 g/mol. The Bertz CT molecular complexity index is 1960. The van der Waals surface area contributed by atoms with E-state index in [9.17, 15) is 9.59 Å². The van der Waals surface area contributed by atoms with Crippen LogP contribution in [0.4, 0.5) is 11.6 Å². The molecule has 0 aliphatic heterocycles. The molecule has 0 spiro atoms. The monoisotopic (exact) mass is 638 g/mol. The van der Waals surface area contributed by atoms with E-state index in [1.165, 1.54) is 14.2 Å². The lowest BCUT2D eigenvalue weighted by Gasteiger charge is -2.21. The molecule has 0 fully saturated rings. The molecule has 11 heteroatoms. The predicted molar refractivity (Wildman–Crippen MR) is 182 cm³/mol. The van der Waals surface area contributed by atoms with E-state index in [-0.39, 0.29) is 22.8 Å². The quantitative estimate of drug-likeness (QED) is 0.162. The number of aromatic nitrogens is 4. The van der Waals surface area contributed by atoms with Crippen LogP contribution in [0, 0.1) is 0 Å². The topological polar surface area (TPSA) is 111 Å². The van der Waals surface area contributed by atoms with E-state index in [2.05, 4.69) is 15.3 Å². The first-order valence-corrected chi connectivity index (χ1v) is 15.0. The van der Waals surface area contributed by atoms with Gasteiger partial charge in [-0.15, -0.1) is 0 Å². The summed E-state index contributed by atoms with van der Waals surface area (Å²) < 4.78 is 12.6. The van der Waals surface area contributed by atoms with Gasteiger partial charge in [0.1, 0.15) is 17.1 Å². The van der Waals surface area contributed by atoms with Crippen LogP contribution >= 0.6 is 11.6 Å². The van der Waals surface area contributed by atoms with Crippen LogP contribution in [0.2, 0.25) is 5.02 Å². The van der Waals surface area contributed by atoms with Crippen molar-refractivity contribution in [2.45, 2.75) is 19.4 Å². The Kier molecular flexibility index (Phi) is 10.1. The summed E-state index contributed by atoms with van der Waals surface area (Å²) in [5, 5.41) is 4.08. The first-order valence-electron chi connectivity index (χ1n) is 14.6. The highest BCUT2D eigenvalue weighted by atomic mass is 35.5. The van der Waals surface area contributed by atoms with Gasteiger partial charge in [0.05, 0.1) is 25.3 Å². The number of carbonyl (C=O) groups excluding carboxylic acids is 1. The molecule has 1 N–H and O–H groups in total. The van der Waals surface area contributed by atoms with E-state index in [1.54, 1.807) is 59.6 Å². The fraction of sp³-hybridized carbons (Fsp3) is 0.229. The fourth-order valence-corrected chi connectivity index (χ4v) is 5.39. The van der Waals surface area contributed by atoms with E-state index in [0.717, 1.165) is 16.8 Å². The molecule has 5 aromatic rings. The first kappa shape index (κ1) is 32.3. The molecule has 5 rings (SSSR count). The van der Waals surface area contributed by atoms with Crippen molar-refractivity contribution in [1.82, 2.24) is 24.4 Å². The van der Waals surface area contributed by atoms with Gasteiger partial charge in [0, 0.05) is 59.8 Å². The smallest absolute Gasteiger partial charge is 0.260 e. The van der Waals surface area contributed by atoms with Gasteiger partial charge in [0.25, 0.3) is 5.56 Å². The molecule has 1 atom stereocenters. The highest BCUT2D eigenvalue weighted by Gasteiger charge is 2.22. The lowest BCUT2D eigenvalue weighted by atomic mass is 10.00. The highest BCUT2D eigenvalue weighted by Crippen LogP contribution is 2.39. The molecule has 3 heterocycles. The number of benzene rings is 2. The van der Waals surface area contributed by atoms with Gasteiger partial charge in [0.15, 0.2) is 5.78 Å². The van der Waals surface area contributed by atoms with Crippen molar-refractivity contribution in [2.75, 3.05) is 40.2 Å². The second-order valence-electron chi connectivity index (χ2n) is 11.0. The maximum atomic E-state index is 14.5. The second kappa shape index (κ2) is 14.4. The molecule has 0 saturated carbocycles. The summed E-state index contributed by atoms with van der Waals surface area (Å²) in [5.74, 6) is 1.18. The number of hydrogen-bond acceptors (Lipinski definition) is 9. The number of anilines is 2. The number of carbonyl (C=O) groups is 1. The summed E-state index contributed by atoms with van der Waals surface area (Å²) >= 11 is 6.77. The molecule has 0 amide bonds. The van der Waals surface area contributed by atoms with Gasteiger partial charge in [-0.3, -0.25) is 19.1 Å². The van der Waals surface area contributed by atoms with Crippen molar-refractivity contribution in [2.24, 2.45) is 0 Å². The largest absolute Gasteiger partial charge is 0.497 e. The number of nitrogens with zero attached hydrogens (tertiary/aromatic N) is 5. The summed E-state index contributed by atoms with van der Waals surface area (Å²) in [5.41, 5.74) is 3.31. The zero-order valence-electron chi connectivity index (χ0n) is 26.3. The van der Waals surface area contributed by atoms with Gasteiger partial charge >= 0.3 is 0 Å². The van der Waals surface area contributed by atoms with Crippen molar-refractivity contribution < 1.29 is 14.3 Å². The minimum atomic E-state index is -0.482. The fourth-order valence-electron chi connectivity index (χ4n) is 5.10. The molecule has 0 aliphatic carbocycles. The molecule has 236 valence electrons. The van der Waals surface area contributed by atoms with Crippen molar-refractivity contribution in [1.29, 1.82) is 0 Å². The number of fused-ring (bicyclic) bond motifs is 1. The molecule has 10 nitrogen and oxygen atoms in total. The molecule has 2 aromatic carbocycles. The average Bonchev–Trinajstić information content (AvgIpc) is 3.05. The number of hydrogen-bond donors (Lipinski definition) is 1. The molecule has 3 aromatic heterocycles. The summed E-state index contributed by atoms with van der Waals surface area (Å²) in [6.45, 7) is 2.60. The van der Waals surface area contributed by atoms with Crippen LogP contribution in [-0.4, -0.2) is 65.1 Å². The number of ketones is 1. The molecule has 0 bridgehead atoms. The van der Waals surface area contributed by atoms with Gasteiger partial charge in [0.2, 0.25) is 5.95 Å². The highest BCUT2D eigenvalue weighted by molar-refractivity contribution is 6.35. The Balaban J connectivity index is 1.65. The van der Waals surface area contributed by atoms with E-state index in [1.807, 2.05) is 56.3 Å². The van der Waals surface area contributed by atoms with Crippen LogP contribution in [0.1, 0.15) is 24.1 Å². The normalized spacial score (nSPS) is 12.1. The van der Waals surface area contributed by atoms with Crippen LogP contribution in [0.15, 0.2) is 90.1 Å². The van der Waals surface area contributed by atoms with Crippen LogP contribution in [0.25, 0.3) is 22.2 Å². The lowest BCUT2D eigenvalue weighted by molar-refractivity contribution is -0.114. The van der Waals surface area contributed by atoms with Gasteiger partial charge < -0.3 is 19.7 Å². The third kappa shape index (κ3) is 7.25. The van der Waals surface area contributed by atoms with Gasteiger partial charge in [-0.25, -0.2) is 4.98 Å². The summed E-state index contributed by atoms with van der Waals surface area (Å²) in [7, 11) is 6.94. The van der Waals surface area contributed by atoms with Gasteiger partial charge in [-0.2, -0.15) is 4.98 Å². The van der Waals surface area contributed by atoms with E-state index in [0.29, 0.717) is 46.2 Å². The Morgan fingerprint density at radius 2 is 1.85 bits per heavy atom. The number of allylic oxidation sites excluding steroid dienone is 1. The zero-order valence-corrected chi connectivity index (χ0v) is 27.1. The van der Waals surface area contributed by atoms with Crippen LogP contribution in [0.3, 0.4) is 0 Å². The molecule has 0 saturated heterocycles. The Morgan fingerprint density at radius 1 is 1.07 bits per heavy atom. The number of ether oxygens (including phenoxy) is 2. The Hall–Kier alpha value is -5.06. The number of methoxy groups -OCH3 is 2. The van der Waals surface area contributed by atoms with Crippen molar-refractivity contribution in [3.63, 3.8) is 0 Å². The van der Waals surface area contributed by atoms with Gasteiger partial charge in [-0.1, -0.05) is 41.9 Å². The van der Waals surface area contributed by atoms with Crippen molar-refractivity contribution in [3.05, 3.63) is 112 Å². The minimum Gasteiger partial charge on any atom is -0.497 e. The standard InChI is InChI=1S/C35H35ClN6O4/c1-22(24-9-6-8-23(16-24)17-27(43)10-7-15-41(2)3)42-33-25(21-38-35(40-33)39-26-11-13-37-14-12-26)18-30(34(42)44)29-19-28(45-4)20-31(46-5)32(29)36/h6-14,16,18-22H,15,17H2,1-5H3,(H,37,38,39,40)/b10-7+. The number of nitrogens with one attached hydrogen (secondary N) is 1. The SMILES string of the molecule is COc1cc(OC)c(Cl)c(-c2cc3cnc(Nc4ccncc4)nc3n(C(C)c3cccc(CC(=O)/C=C/CN(C)C)c3)c2=O)c1. The van der Waals surface area contributed by atoms with Crippen molar-refractivity contribution in [3.8, 4) is 22.6 Å². The molecular weight excluding hydrogens is 604 g/mol. The van der Waals surface area contributed by atoms with Crippen molar-refractivity contribution >= 4 is 40.1 Å². The Labute approximate surface area is 272 Å². The third-order valence-corrected chi connectivity index (χ3v) is 7.83. The van der Waals surface area contributed by atoms with Crippen LogP contribution < -0.4 is 20.3 Å². The van der Waals surface area contributed by atoms with Crippen LogP contribution in [0.5, 0.6) is 11.5 Å². The lowest BCUT2D eigenvalue weighted by Crippen LogP contribution is -2.27. The molecule has 0 radical (unpaired) electrons. The second-order valence-corrected chi connectivity index (χ2v) is 11.4. The predicted octanol–water partition coefficient (Wildman–Crippen LogP) is 6.11. The van der Waals surface area contributed by atoms with Gasteiger partial charge in [-0.05, 0) is 62.5 Å². The minimum absolute atomic E-state index is 0.00236. The number of rotatable bonds is 12. The van der Waals surface area contributed by atoms with E-state index >= 15 is 0 Å². The van der Waals surface area contributed by atoms with Crippen LogP contribution in [-0.2, 0) is 11.2 Å². The molecule has 0 aliphatic rings. The molecule has 46 heavy (non-hydrogen) atoms.